The maximum absolute atomic E-state index is 12.6. The number of hydrogen-bond acceptors (Lipinski definition) is 5. The molecule has 4 aromatic rings. The summed E-state index contributed by atoms with van der Waals surface area (Å²) in [6, 6.07) is 19.1. The minimum atomic E-state index is 0.0427. The molecule has 2 aromatic carbocycles. The first-order valence-corrected chi connectivity index (χ1v) is 10.4. The zero-order valence-electron chi connectivity index (χ0n) is 15.0. The topological polar surface area (TPSA) is 60.9 Å². The van der Waals surface area contributed by atoms with Crippen LogP contribution in [0.25, 0.3) is 17.1 Å². The summed E-state index contributed by atoms with van der Waals surface area (Å²) in [5.74, 6) is 1.78. The van der Waals surface area contributed by atoms with E-state index in [9.17, 15) is 4.79 Å². The number of rotatable bonds is 6. The first-order valence-electron chi connectivity index (χ1n) is 8.60. The van der Waals surface area contributed by atoms with Gasteiger partial charge in [-0.25, -0.2) is 0 Å². The monoisotopic (exact) mass is 453 g/mol. The molecular weight excluding hydrogens is 438 g/mol. The Bertz CT molecular complexity index is 1100. The third-order valence-corrected chi connectivity index (χ3v) is 5.70. The molecule has 0 aliphatic carbocycles. The summed E-state index contributed by atoms with van der Waals surface area (Å²) in [7, 11) is 0. The van der Waals surface area contributed by atoms with Crippen LogP contribution in [-0.4, -0.2) is 26.3 Å². The number of benzene rings is 2. The van der Waals surface area contributed by atoms with Crippen molar-refractivity contribution in [2.24, 2.45) is 0 Å². The number of carbonyl (C=O) groups is 1. The fourth-order valence-electron chi connectivity index (χ4n) is 2.81. The Kier molecular flexibility index (Phi) is 5.45. The van der Waals surface area contributed by atoms with Crippen molar-refractivity contribution in [3.8, 4) is 17.1 Å². The van der Waals surface area contributed by atoms with Gasteiger partial charge in [0.1, 0.15) is 5.76 Å². The van der Waals surface area contributed by atoms with Gasteiger partial charge in [-0.2, -0.15) is 0 Å². The zero-order valence-corrected chi connectivity index (χ0v) is 17.4. The van der Waals surface area contributed by atoms with Crippen LogP contribution in [0, 0.1) is 6.92 Å². The van der Waals surface area contributed by atoms with E-state index < -0.39 is 0 Å². The highest BCUT2D eigenvalue weighted by molar-refractivity contribution is 9.10. The summed E-state index contributed by atoms with van der Waals surface area (Å²) in [4.78, 5) is 12.6. The molecule has 0 bridgehead atoms. The highest BCUT2D eigenvalue weighted by Gasteiger charge is 2.19. The normalized spacial score (nSPS) is 10.9. The highest BCUT2D eigenvalue weighted by Crippen LogP contribution is 2.30. The number of nitrogens with zero attached hydrogens (tertiary/aromatic N) is 3. The molecule has 2 aromatic heterocycles. The molecule has 0 amide bonds. The minimum absolute atomic E-state index is 0.0427. The van der Waals surface area contributed by atoms with Crippen LogP contribution in [0.3, 0.4) is 0 Å². The number of Topliss-reactive ketones (excluding diaryl/α,β-unsaturated/α-hetero) is 1. The SMILES string of the molecule is Cc1occc1-c1nnc(SCC(=O)c2ccc(Br)cc2)n1-c1ccccc1. The lowest BCUT2D eigenvalue weighted by Gasteiger charge is -2.09. The van der Waals surface area contributed by atoms with Gasteiger partial charge in [0.25, 0.3) is 0 Å². The van der Waals surface area contributed by atoms with Gasteiger partial charge < -0.3 is 4.42 Å². The van der Waals surface area contributed by atoms with Gasteiger partial charge in [-0.05, 0) is 37.3 Å². The van der Waals surface area contributed by atoms with Crippen LogP contribution in [0.15, 0.2) is 81.0 Å². The van der Waals surface area contributed by atoms with Crippen molar-refractivity contribution < 1.29 is 9.21 Å². The molecule has 4 rings (SSSR count). The summed E-state index contributed by atoms with van der Waals surface area (Å²) in [6.45, 7) is 1.89. The van der Waals surface area contributed by atoms with Crippen LogP contribution in [0.1, 0.15) is 16.1 Å². The molecule has 0 N–H and O–H groups in total. The number of ketones is 1. The van der Waals surface area contributed by atoms with Crippen molar-refractivity contribution in [1.82, 2.24) is 14.8 Å². The van der Waals surface area contributed by atoms with Crippen molar-refractivity contribution in [3.63, 3.8) is 0 Å². The van der Waals surface area contributed by atoms with E-state index in [4.69, 9.17) is 4.42 Å². The van der Waals surface area contributed by atoms with E-state index in [0.29, 0.717) is 16.5 Å². The molecule has 0 aliphatic rings. The van der Waals surface area contributed by atoms with Crippen LogP contribution in [-0.2, 0) is 0 Å². The maximum Gasteiger partial charge on any atom is 0.196 e. The van der Waals surface area contributed by atoms with Crippen molar-refractivity contribution >= 4 is 33.5 Å². The number of carbonyl (C=O) groups excluding carboxylic acids is 1. The van der Waals surface area contributed by atoms with E-state index in [0.717, 1.165) is 21.5 Å². The molecule has 140 valence electrons. The highest BCUT2D eigenvalue weighted by atomic mass is 79.9. The Labute approximate surface area is 174 Å². The Balaban J connectivity index is 1.66. The summed E-state index contributed by atoms with van der Waals surface area (Å²) in [6.07, 6.45) is 1.64. The fraction of sp³-hybridized carbons (Fsp3) is 0.0952. The molecule has 0 aliphatic heterocycles. The van der Waals surface area contributed by atoms with E-state index in [1.165, 1.54) is 11.8 Å². The number of para-hydroxylation sites is 1. The maximum atomic E-state index is 12.6. The van der Waals surface area contributed by atoms with Gasteiger partial charge in [-0.3, -0.25) is 9.36 Å². The Morgan fingerprint density at radius 1 is 1.07 bits per heavy atom. The first kappa shape index (κ1) is 18.7. The molecule has 0 fully saturated rings. The van der Waals surface area contributed by atoms with Crippen molar-refractivity contribution in [3.05, 3.63) is 82.7 Å². The summed E-state index contributed by atoms with van der Waals surface area (Å²) in [5.41, 5.74) is 2.48. The first-order chi connectivity index (χ1) is 13.6. The number of furan rings is 1. The molecule has 28 heavy (non-hydrogen) atoms. The smallest absolute Gasteiger partial charge is 0.196 e. The van der Waals surface area contributed by atoms with Gasteiger partial charge >= 0.3 is 0 Å². The third kappa shape index (κ3) is 3.81. The van der Waals surface area contributed by atoms with Crippen LogP contribution in [0.5, 0.6) is 0 Å². The number of hydrogen-bond donors (Lipinski definition) is 0. The van der Waals surface area contributed by atoms with E-state index in [-0.39, 0.29) is 11.5 Å². The predicted octanol–water partition coefficient (Wildman–Crippen LogP) is 5.57. The van der Waals surface area contributed by atoms with Gasteiger partial charge in [0.05, 0.1) is 17.6 Å². The van der Waals surface area contributed by atoms with Gasteiger partial charge in [0.2, 0.25) is 0 Å². The number of halogens is 1. The van der Waals surface area contributed by atoms with Gasteiger partial charge in [0, 0.05) is 15.7 Å². The second-order valence-electron chi connectivity index (χ2n) is 6.09. The van der Waals surface area contributed by atoms with Gasteiger partial charge in [0.15, 0.2) is 16.8 Å². The number of aryl methyl sites for hydroxylation is 1. The van der Waals surface area contributed by atoms with Crippen LogP contribution in [0.2, 0.25) is 0 Å². The lowest BCUT2D eigenvalue weighted by molar-refractivity contribution is 0.102. The molecule has 0 radical (unpaired) electrons. The van der Waals surface area contributed by atoms with Crippen molar-refractivity contribution in [1.29, 1.82) is 0 Å². The van der Waals surface area contributed by atoms with Crippen LogP contribution in [0.4, 0.5) is 0 Å². The van der Waals surface area contributed by atoms with Gasteiger partial charge in [-0.15, -0.1) is 10.2 Å². The number of thioether (sulfide) groups is 1. The van der Waals surface area contributed by atoms with Crippen LogP contribution < -0.4 is 0 Å². The molecule has 0 atom stereocenters. The largest absolute Gasteiger partial charge is 0.469 e. The lowest BCUT2D eigenvalue weighted by atomic mass is 10.2. The third-order valence-electron chi connectivity index (χ3n) is 4.25. The Hall–Kier alpha value is -2.64. The Morgan fingerprint density at radius 3 is 2.50 bits per heavy atom. The average molecular weight is 454 g/mol. The standard InChI is InChI=1S/C21H16BrN3O2S/c1-14-18(11-12-27-14)20-23-24-21(25(20)17-5-3-2-4-6-17)28-13-19(26)15-7-9-16(22)10-8-15/h2-12H,13H2,1H3. The lowest BCUT2D eigenvalue weighted by Crippen LogP contribution is -2.05. The van der Waals surface area contributed by atoms with Crippen LogP contribution >= 0.6 is 27.7 Å². The second-order valence-corrected chi connectivity index (χ2v) is 7.94. The Morgan fingerprint density at radius 2 is 1.82 bits per heavy atom. The summed E-state index contributed by atoms with van der Waals surface area (Å²) < 4.78 is 8.34. The van der Waals surface area contributed by atoms with E-state index in [1.54, 1.807) is 6.26 Å². The molecule has 0 saturated carbocycles. The van der Waals surface area contributed by atoms with E-state index >= 15 is 0 Å². The van der Waals surface area contributed by atoms with E-state index in [2.05, 4.69) is 26.1 Å². The van der Waals surface area contributed by atoms with E-state index in [1.807, 2.05) is 72.2 Å². The van der Waals surface area contributed by atoms with Gasteiger partial charge in [-0.1, -0.05) is 58.0 Å². The molecule has 7 heteroatoms. The summed E-state index contributed by atoms with van der Waals surface area (Å²) in [5, 5.41) is 9.38. The molecule has 5 nitrogen and oxygen atoms in total. The molecule has 0 unspecified atom stereocenters. The molecule has 0 saturated heterocycles. The molecule has 2 heterocycles. The van der Waals surface area contributed by atoms with Crippen molar-refractivity contribution in [2.75, 3.05) is 5.75 Å². The molecule has 0 spiro atoms. The summed E-state index contributed by atoms with van der Waals surface area (Å²) >= 11 is 4.76. The quantitative estimate of drug-likeness (QED) is 0.282. The fourth-order valence-corrected chi connectivity index (χ4v) is 3.92. The van der Waals surface area contributed by atoms with Crippen molar-refractivity contribution in [2.45, 2.75) is 12.1 Å². The number of aromatic nitrogens is 3. The predicted molar refractivity (Wildman–Crippen MR) is 113 cm³/mol. The zero-order chi connectivity index (χ0) is 19.5. The average Bonchev–Trinajstić information content (AvgIpc) is 3.33. The molecular formula is C21H16BrN3O2S. The second kappa shape index (κ2) is 8.16. The minimum Gasteiger partial charge on any atom is -0.469 e.